The molecule has 3 amide bonds. The van der Waals surface area contributed by atoms with Gasteiger partial charge in [0.05, 0.1) is 21.6 Å². The first-order valence-corrected chi connectivity index (χ1v) is 17.7. The van der Waals surface area contributed by atoms with Crippen molar-refractivity contribution in [2.75, 3.05) is 44.2 Å². The third kappa shape index (κ3) is 6.38. The minimum Gasteiger partial charge on any atom is -0.444 e. The smallest absolute Gasteiger partial charge is 0.410 e. The van der Waals surface area contributed by atoms with E-state index in [0.29, 0.717) is 49.1 Å². The number of anilines is 1. The van der Waals surface area contributed by atoms with Crippen LogP contribution in [-0.4, -0.2) is 98.8 Å². The quantitative estimate of drug-likeness (QED) is 0.317. The Morgan fingerprint density at radius 3 is 2.33 bits per heavy atom. The van der Waals surface area contributed by atoms with E-state index in [1.54, 1.807) is 9.80 Å². The molecule has 4 aromatic rings. The number of pyridine rings is 1. The van der Waals surface area contributed by atoms with Crippen molar-refractivity contribution in [2.24, 2.45) is 11.8 Å². The fourth-order valence-corrected chi connectivity index (χ4v) is 8.36. The van der Waals surface area contributed by atoms with Crippen molar-refractivity contribution in [3.05, 3.63) is 46.2 Å². The Labute approximate surface area is 288 Å². The van der Waals surface area contributed by atoms with Gasteiger partial charge in [-0.15, -0.1) is 11.3 Å². The lowest BCUT2D eigenvalue weighted by atomic mass is 10.0. The maximum Gasteiger partial charge on any atom is 0.410 e. The summed E-state index contributed by atoms with van der Waals surface area (Å²) in [6, 6.07) is 7.52. The van der Waals surface area contributed by atoms with Crippen molar-refractivity contribution in [1.29, 1.82) is 0 Å². The Hall–Kier alpha value is -4.46. The van der Waals surface area contributed by atoms with Gasteiger partial charge in [-0.25, -0.2) is 14.6 Å². The second-order valence-electron chi connectivity index (χ2n) is 15.3. The molecule has 260 valence electrons. The Balaban J connectivity index is 1.17. The third-order valence-electron chi connectivity index (χ3n) is 9.32. The van der Waals surface area contributed by atoms with Gasteiger partial charge in [0, 0.05) is 57.3 Å². The highest BCUT2D eigenvalue weighted by molar-refractivity contribution is 7.24. The minimum absolute atomic E-state index is 0.0322. The normalized spacial score (nSPS) is 21.2. The highest BCUT2D eigenvalue weighted by Crippen LogP contribution is 2.35. The maximum absolute atomic E-state index is 14.1. The van der Waals surface area contributed by atoms with Gasteiger partial charge in [-0.1, -0.05) is 12.1 Å². The molecule has 0 aliphatic carbocycles. The number of likely N-dealkylation sites (tertiary alicyclic amines) is 2. The molecule has 3 unspecified atom stereocenters. The lowest BCUT2D eigenvalue weighted by Gasteiger charge is -2.28. The van der Waals surface area contributed by atoms with Gasteiger partial charge in [0.1, 0.15) is 21.6 Å². The number of para-hydroxylation sites is 1. The molecule has 6 heterocycles. The molecular formula is C35H43N7O6S. The summed E-state index contributed by atoms with van der Waals surface area (Å²) in [5.41, 5.74) is -0.299. The van der Waals surface area contributed by atoms with Gasteiger partial charge in [0.25, 0.3) is 5.91 Å². The van der Waals surface area contributed by atoms with Crippen LogP contribution in [0.4, 0.5) is 15.5 Å². The molecule has 14 heteroatoms. The predicted octanol–water partition coefficient (Wildman–Crippen LogP) is 4.89. The second-order valence-corrected chi connectivity index (χ2v) is 16.3. The van der Waals surface area contributed by atoms with Crippen LogP contribution in [0.25, 0.3) is 26.1 Å². The molecule has 0 radical (unpaired) electrons. The number of thiazole rings is 1. The van der Waals surface area contributed by atoms with Crippen LogP contribution in [0.5, 0.6) is 0 Å². The molecule has 3 aliphatic rings. The first-order valence-electron chi connectivity index (χ1n) is 16.9. The van der Waals surface area contributed by atoms with Crippen LogP contribution in [0.2, 0.25) is 0 Å². The Kier molecular flexibility index (Phi) is 8.19. The van der Waals surface area contributed by atoms with E-state index < -0.39 is 28.6 Å². The van der Waals surface area contributed by atoms with Crippen molar-refractivity contribution in [1.82, 2.24) is 29.5 Å². The van der Waals surface area contributed by atoms with E-state index in [9.17, 15) is 19.2 Å². The summed E-state index contributed by atoms with van der Waals surface area (Å²) >= 11 is 1.37. The van der Waals surface area contributed by atoms with E-state index >= 15 is 0 Å². The molecule has 3 aromatic heterocycles. The van der Waals surface area contributed by atoms with E-state index in [2.05, 4.69) is 15.2 Å². The zero-order valence-electron chi connectivity index (χ0n) is 28.8. The zero-order valence-corrected chi connectivity index (χ0v) is 29.6. The molecule has 0 spiro atoms. The molecule has 7 rings (SSSR count). The van der Waals surface area contributed by atoms with Crippen LogP contribution in [-0.2, 0) is 9.47 Å². The second kappa shape index (κ2) is 12.1. The fourth-order valence-electron chi connectivity index (χ4n) is 7.18. The molecular weight excluding hydrogens is 646 g/mol. The molecule has 3 aliphatic heterocycles. The highest BCUT2D eigenvalue weighted by Gasteiger charge is 2.43. The van der Waals surface area contributed by atoms with Crippen LogP contribution < -0.4 is 15.6 Å². The maximum atomic E-state index is 14.1. The zero-order chi connectivity index (χ0) is 34.8. The molecule has 3 saturated heterocycles. The molecule has 1 N–H and O–H groups in total. The Morgan fingerprint density at radius 1 is 0.959 bits per heavy atom. The van der Waals surface area contributed by atoms with E-state index in [1.807, 2.05) is 70.2 Å². The first-order chi connectivity index (χ1) is 23.2. The number of carbonyl (C=O) groups excluding carboxylic acids is 3. The number of nitrogens with zero attached hydrogens (tertiary/aromatic N) is 6. The number of benzene rings is 1. The topological polar surface area (TPSA) is 139 Å². The number of amides is 3. The molecule has 1 aromatic carbocycles. The van der Waals surface area contributed by atoms with E-state index in [0.717, 1.165) is 23.1 Å². The fraction of sp³-hybridized carbons (Fsp3) is 0.543. The van der Waals surface area contributed by atoms with Gasteiger partial charge in [0.15, 0.2) is 5.65 Å². The van der Waals surface area contributed by atoms with Gasteiger partial charge >= 0.3 is 12.2 Å². The van der Waals surface area contributed by atoms with Crippen LogP contribution in [0.1, 0.15) is 64.7 Å². The van der Waals surface area contributed by atoms with Gasteiger partial charge in [-0.3, -0.25) is 14.0 Å². The van der Waals surface area contributed by atoms with Crippen LogP contribution in [0, 0.1) is 11.8 Å². The summed E-state index contributed by atoms with van der Waals surface area (Å²) < 4.78 is 14.0. The molecule has 0 bridgehead atoms. The predicted molar refractivity (Wildman–Crippen MR) is 187 cm³/mol. The summed E-state index contributed by atoms with van der Waals surface area (Å²) in [5.74, 6) is 0.523. The number of hydrogen-bond acceptors (Lipinski definition) is 10. The first kappa shape index (κ1) is 33.1. The van der Waals surface area contributed by atoms with E-state index in [-0.39, 0.29) is 41.5 Å². The van der Waals surface area contributed by atoms with Crippen molar-refractivity contribution >= 4 is 61.5 Å². The number of nitrogens with one attached hydrogen (secondary N) is 1. The average molecular weight is 690 g/mol. The van der Waals surface area contributed by atoms with Crippen molar-refractivity contribution < 1.29 is 23.9 Å². The number of carbonyl (C=O) groups is 3. The van der Waals surface area contributed by atoms with E-state index in [4.69, 9.17) is 14.5 Å². The minimum atomic E-state index is -0.626. The monoisotopic (exact) mass is 689 g/mol. The van der Waals surface area contributed by atoms with Crippen LogP contribution in [0.15, 0.2) is 35.3 Å². The summed E-state index contributed by atoms with van der Waals surface area (Å²) in [5, 5.41) is 3.20. The van der Waals surface area contributed by atoms with Gasteiger partial charge < -0.3 is 29.5 Å². The van der Waals surface area contributed by atoms with Crippen molar-refractivity contribution in [3.63, 3.8) is 0 Å². The molecule has 0 saturated carbocycles. The lowest BCUT2D eigenvalue weighted by molar-refractivity contribution is 0.0223. The molecule has 49 heavy (non-hydrogen) atoms. The van der Waals surface area contributed by atoms with Crippen LogP contribution >= 0.6 is 11.3 Å². The van der Waals surface area contributed by atoms with Gasteiger partial charge in [-0.05, 0) is 66.5 Å². The molecule has 3 atom stereocenters. The summed E-state index contributed by atoms with van der Waals surface area (Å²) in [6.45, 7) is 14.4. The van der Waals surface area contributed by atoms with Crippen molar-refractivity contribution in [2.45, 2.75) is 71.6 Å². The van der Waals surface area contributed by atoms with Crippen LogP contribution in [0.3, 0.4) is 0 Å². The number of hydrogen-bond donors (Lipinski definition) is 1. The summed E-state index contributed by atoms with van der Waals surface area (Å²) in [7, 11) is 0. The highest BCUT2D eigenvalue weighted by atomic mass is 32.1. The number of aromatic nitrogens is 3. The standard InChI is InChI=1S/C35H43N7O6S/c1-34(2,3)47-32(45)40-18-20-16-39(17-21(20)19-40)31-37-15-23-27(43)26(30-42(28(23)38-31)24-11-7-8-12-25(24)49-30)29(44)36-14-22-10-9-13-41(22)33(46)48-35(4,5)6/h7-8,11-12,15,20-22H,9-10,13-14,16-19H2,1-6H3,(H,36,44). The number of rotatable bonds is 4. The summed E-state index contributed by atoms with van der Waals surface area (Å²) in [4.78, 5) is 69.1. The summed E-state index contributed by atoms with van der Waals surface area (Å²) in [6.07, 6.45) is 2.36. The van der Waals surface area contributed by atoms with Gasteiger partial charge in [0.2, 0.25) is 11.4 Å². The van der Waals surface area contributed by atoms with Gasteiger partial charge in [-0.2, -0.15) is 4.98 Å². The largest absolute Gasteiger partial charge is 0.444 e. The number of fused-ring (bicyclic) bond motifs is 6. The third-order valence-corrected chi connectivity index (χ3v) is 10.5. The SMILES string of the molecule is CC(C)(C)OC(=O)N1CC2CN(c3ncc4c(=O)c(C(=O)NCC5CCCN5C(=O)OC(C)(C)C)c5sc6ccccc6n5c4n3)CC2C1. The Bertz CT molecular complexity index is 2010. The lowest BCUT2D eigenvalue weighted by Crippen LogP contribution is -2.45. The number of ether oxygens (including phenoxy) is 2. The van der Waals surface area contributed by atoms with Crippen molar-refractivity contribution in [3.8, 4) is 0 Å². The Morgan fingerprint density at radius 2 is 1.63 bits per heavy atom. The molecule has 3 fully saturated rings. The average Bonchev–Trinajstić information content (AvgIpc) is 3.80. The van der Waals surface area contributed by atoms with E-state index in [1.165, 1.54) is 17.5 Å². The molecule has 13 nitrogen and oxygen atoms in total.